The smallest absolute Gasteiger partial charge is 0.269 e. The van der Waals surface area contributed by atoms with Crippen LogP contribution in [0, 0.1) is 17.0 Å². The molecule has 0 radical (unpaired) electrons. The average molecular weight is 385 g/mol. The maximum atomic E-state index is 12.7. The summed E-state index contributed by atoms with van der Waals surface area (Å²) >= 11 is 1.59. The van der Waals surface area contributed by atoms with Crippen LogP contribution in [0.15, 0.2) is 53.4 Å². The van der Waals surface area contributed by atoms with Crippen LogP contribution in [0.3, 0.4) is 0 Å². The minimum Gasteiger partial charge on any atom is -0.368 e. The fourth-order valence-electron chi connectivity index (χ4n) is 3.10. The van der Waals surface area contributed by atoms with Crippen LogP contribution in [0.1, 0.15) is 12.5 Å². The van der Waals surface area contributed by atoms with Gasteiger partial charge in [-0.25, -0.2) is 0 Å². The first kappa shape index (κ1) is 19.2. The van der Waals surface area contributed by atoms with Gasteiger partial charge in [-0.2, -0.15) is 0 Å². The Hall–Kier alpha value is -2.54. The molecule has 0 aromatic heterocycles. The summed E-state index contributed by atoms with van der Waals surface area (Å²) in [5.74, 6) is 0.156. The molecular formula is C20H23N3O3S. The summed E-state index contributed by atoms with van der Waals surface area (Å²) < 4.78 is 0. The fraction of sp³-hybridized carbons (Fsp3) is 0.350. The number of anilines is 1. The van der Waals surface area contributed by atoms with Gasteiger partial charge in [-0.15, -0.1) is 11.8 Å². The highest BCUT2D eigenvalue weighted by Gasteiger charge is 2.25. The van der Waals surface area contributed by atoms with Gasteiger partial charge in [0.25, 0.3) is 5.69 Å². The molecule has 1 amide bonds. The molecule has 0 bridgehead atoms. The van der Waals surface area contributed by atoms with Gasteiger partial charge in [0.05, 0.1) is 10.2 Å². The third-order valence-electron chi connectivity index (χ3n) is 4.70. The van der Waals surface area contributed by atoms with E-state index < -0.39 is 4.92 Å². The number of carbonyl (C=O) groups excluding carboxylic acids is 1. The van der Waals surface area contributed by atoms with Gasteiger partial charge in [-0.3, -0.25) is 14.9 Å². The van der Waals surface area contributed by atoms with E-state index in [2.05, 4.69) is 29.2 Å². The molecule has 1 aliphatic rings. The lowest BCUT2D eigenvalue weighted by Gasteiger charge is -2.37. The van der Waals surface area contributed by atoms with E-state index in [4.69, 9.17) is 0 Å². The first-order valence-electron chi connectivity index (χ1n) is 8.95. The van der Waals surface area contributed by atoms with Crippen molar-refractivity contribution in [3.05, 3.63) is 64.2 Å². The zero-order chi connectivity index (χ0) is 19.4. The number of thioether (sulfide) groups is 1. The van der Waals surface area contributed by atoms with Crippen LogP contribution in [0.5, 0.6) is 0 Å². The highest BCUT2D eigenvalue weighted by molar-refractivity contribution is 8.00. The van der Waals surface area contributed by atoms with Crippen molar-refractivity contribution >= 4 is 29.0 Å². The summed E-state index contributed by atoms with van der Waals surface area (Å²) in [4.78, 5) is 28.3. The monoisotopic (exact) mass is 385 g/mol. The SMILES string of the molecule is Cc1ccc(S[C@H](C)C(=O)N2CCN(c3ccc([N+](=O)[O-])cc3)CC2)cc1. The summed E-state index contributed by atoms with van der Waals surface area (Å²) in [6.45, 7) is 6.78. The molecule has 3 rings (SSSR count). The molecule has 0 N–H and O–H groups in total. The van der Waals surface area contributed by atoms with E-state index in [-0.39, 0.29) is 16.8 Å². The standard InChI is InChI=1S/C20H23N3O3S/c1-15-3-9-19(10-4-15)27-16(2)20(24)22-13-11-21(12-14-22)17-5-7-18(8-6-17)23(25)26/h3-10,16H,11-14H2,1-2H3/t16-/m1/s1. The van der Waals surface area contributed by atoms with Crippen molar-refractivity contribution in [2.75, 3.05) is 31.1 Å². The van der Waals surface area contributed by atoms with Gasteiger partial charge < -0.3 is 9.80 Å². The molecule has 0 saturated carbocycles. The van der Waals surface area contributed by atoms with Crippen LogP contribution in [0.2, 0.25) is 0 Å². The topological polar surface area (TPSA) is 66.7 Å². The van der Waals surface area contributed by atoms with E-state index in [1.54, 1.807) is 23.9 Å². The lowest BCUT2D eigenvalue weighted by atomic mass is 10.2. The van der Waals surface area contributed by atoms with Crippen molar-refractivity contribution in [1.82, 2.24) is 4.90 Å². The molecule has 2 aromatic rings. The summed E-state index contributed by atoms with van der Waals surface area (Å²) in [6.07, 6.45) is 0. The van der Waals surface area contributed by atoms with Crippen LogP contribution in [-0.2, 0) is 4.79 Å². The van der Waals surface area contributed by atoms with Crippen LogP contribution >= 0.6 is 11.8 Å². The predicted octanol–water partition coefficient (Wildman–Crippen LogP) is 3.73. The predicted molar refractivity (Wildman–Crippen MR) is 108 cm³/mol. The number of nitrogens with zero attached hydrogens (tertiary/aromatic N) is 3. The number of nitro benzene ring substituents is 1. The molecular weight excluding hydrogens is 362 g/mol. The molecule has 1 aliphatic heterocycles. The maximum Gasteiger partial charge on any atom is 0.269 e. The number of nitro groups is 1. The van der Waals surface area contributed by atoms with E-state index >= 15 is 0 Å². The second-order valence-corrected chi connectivity index (χ2v) is 8.07. The van der Waals surface area contributed by atoms with Gasteiger partial charge in [0.15, 0.2) is 0 Å². The number of carbonyl (C=O) groups is 1. The number of benzene rings is 2. The Bertz CT molecular complexity index is 800. The molecule has 1 heterocycles. The number of non-ortho nitro benzene ring substituents is 1. The maximum absolute atomic E-state index is 12.7. The quantitative estimate of drug-likeness (QED) is 0.446. The molecule has 6 nitrogen and oxygen atoms in total. The number of rotatable bonds is 5. The van der Waals surface area contributed by atoms with Gasteiger partial charge in [-0.05, 0) is 38.1 Å². The number of piperazine rings is 1. The minimum absolute atomic E-state index is 0.0921. The van der Waals surface area contributed by atoms with Crippen molar-refractivity contribution in [3.8, 4) is 0 Å². The Morgan fingerprint density at radius 3 is 2.19 bits per heavy atom. The zero-order valence-electron chi connectivity index (χ0n) is 15.5. The van der Waals surface area contributed by atoms with Gasteiger partial charge in [0.1, 0.15) is 0 Å². The highest BCUT2D eigenvalue weighted by atomic mass is 32.2. The number of aryl methyl sites for hydroxylation is 1. The zero-order valence-corrected chi connectivity index (χ0v) is 16.3. The van der Waals surface area contributed by atoms with Crippen molar-refractivity contribution in [2.45, 2.75) is 24.0 Å². The van der Waals surface area contributed by atoms with Gasteiger partial charge >= 0.3 is 0 Å². The third-order valence-corrected chi connectivity index (χ3v) is 5.80. The number of amides is 1. The molecule has 142 valence electrons. The Labute approximate surface area is 163 Å². The highest BCUT2D eigenvalue weighted by Crippen LogP contribution is 2.26. The summed E-state index contributed by atoms with van der Waals surface area (Å²) in [5, 5.41) is 10.6. The van der Waals surface area contributed by atoms with E-state index in [9.17, 15) is 14.9 Å². The summed E-state index contributed by atoms with van der Waals surface area (Å²) in [5.41, 5.74) is 2.25. The normalized spacial score (nSPS) is 15.5. The first-order valence-corrected chi connectivity index (χ1v) is 9.83. The first-order chi connectivity index (χ1) is 12.9. The van der Waals surface area contributed by atoms with E-state index in [0.717, 1.165) is 23.7 Å². The Morgan fingerprint density at radius 1 is 1.04 bits per heavy atom. The lowest BCUT2D eigenvalue weighted by molar-refractivity contribution is -0.384. The average Bonchev–Trinajstić information content (AvgIpc) is 2.69. The molecule has 7 heteroatoms. The lowest BCUT2D eigenvalue weighted by Crippen LogP contribution is -2.50. The number of hydrogen-bond donors (Lipinski definition) is 0. The molecule has 0 unspecified atom stereocenters. The summed E-state index contributed by atoms with van der Waals surface area (Å²) in [6, 6.07) is 14.8. The Kier molecular flexibility index (Phi) is 6.01. The number of hydrogen-bond acceptors (Lipinski definition) is 5. The molecule has 1 fully saturated rings. The van der Waals surface area contributed by atoms with Crippen LogP contribution in [0.25, 0.3) is 0 Å². The molecule has 1 saturated heterocycles. The van der Waals surface area contributed by atoms with Crippen LogP contribution in [0.4, 0.5) is 11.4 Å². The largest absolute Gasteiger partial charge is 0.368 e. The Balaban J connectivity index is 1.54. The van der Waals surface area contributed by atoms with Crippen LogP contribution < -0.4 is 4.90 Å². The van der Waals surface area contributed by atoms with Crippen molar-refractivity contribution in [1.29, 1.82) is 0 Å². The van der Waals surface area contributed by atoms with Crippen molar-refractivity contribution in [3.63, 3.8) is 0 Å². The van der Waals surface area contributed by atoms with Crippen LogP contribution in [-0.4, -0.2) is 47.2 Å². The third kappa shape index (κ3) is 4.80. The van der Waals surface area contributed by atoms with E-state index in [1.807, 2.05) is 18.7 Å². The van der Waals surface area contributed by atoms with Gasteiger partial charge in [0, 0.05) is 48.9 Å². The van der Waals surface area contributed by atoms with Crippen molar-refractivity contribution < 1.29 is 9.72 Å². The minimum atomic E-state index is -0.395. The molecule has 2 aromatic carbocycles. The Morgan fingerprint density at radius 2 is 1.63 bits per heavy atom. The van der Waals surface area contributed by atoms with Gasteiger partial charge in [0.2, 0.25) is 5.91 Å². The molecule has 27 heavy (non-hydrogen) atoms. The molecule has 0 spiro atoms. The second-order valence-electron chi connectivity index (χ2n) is 6.66. The molecule has 1 atom stereocenters. The van der Waals surface area contributed by atoms with Gasteiger partial charge in [-0.1, -0.05) is 17.7 Å². The second kappa shape index (κ2) is 8.43. The van der Waals surface area contributed by atoms with Crippen molar-refractivity contribution in [2.24, 2.45) is 0 Å². The molecule has 0 aliphatic carbocycles. The van der Waals surface area contributed by atoms with E-state index in [1.165, 1.54) is 17.7 Å². The van der Waals surface area contributed by atoms with E-state index in [0.29, 0.717) is 13.1 Å². The fourth-order valence-corrected chi connectivity index (χ4v) is 4.05. The summed E-state index contributed by atoms with van der Waals surface area (Å²) in [7, 11) is 0.